The lowest BCUT2D eigenvalue weighted by Crippen LogP contribution is -2.44. The van der Waals surface area contributed by atoms with E-state index >= 15 is 0 Å². The minimum absolute atomic E-state index is 0.0144. The van der Waals surface area contributed by atoms with E-state index in [0.717, 1.165) is 4.90 Å². The molecule has 1 aliphatic rings. The molecular weight excluding hydrogens is 764 g/mol. The van der Waals surface area contributed by atoms with Crippen LogP contribution in [-0.2, 0) is 47.5 Å². The van der Waals surface area contributed by atoms with Crippen molar-refractivity contribution < 1.29 is 66.8 Å². The van der Waals surface area contributed by atoms with E-state index < -0.39 is 77.2 Å². The van der Waals surface area contributed by atoms with Gasteiger partial charge in [-0.2, -0.15) is 0 Å². The number of alkyl carbamates (subject to hydrolysis) is 2. The number of hydrogen-bond acceptors (Lipinski definition) is 15. The van der Waals surface area contributed by atoms with Crippen LogP contribution in [0.5, 0.6) is 0 Å². The van der Waals surface area contributed by atoms with E-state index in [0.29, 0.717) is 12.8 Å². The molecule has 19 heteroatoms. The van der Waals surface area contributed by atoms with E-state index in [4.69, 9.17) is 33.2 Å². The van der Waals surface area contributed by atoms with Crippen molar-refractivity contribution in [2.24, 2.45) is 0 Å². The van der Waals surface area contributed by atoms with Crippen molar-refractivity contribution in [3.05, 3.63) is 62.5 Å². The number of nitrogens with one attached hydrogen (secondary N) is 2. The second-order valence-electron chi connectivity index (χ2n) is 15.3. The summed E-state index contributed by atoms with van der Waals surface area (Å²) in [5, 5.41) is 16.8. The first kappa shape index (κ1) is 48.4. The Hall–Kier alpha value is -5.72. The highest BCUT2D eigenvalue weighted by Gasteiger charge is 2.43. The van der Waals surface area contributed by atoms with E-state index in [9.17, 15) is 38.9 Å². The van der Waals surface area contributed by atoms with Crippen LogP contribution in [0.25, 0.3) is 0 Å². The quantitative estimate of drug-likeness (QED) is 0.0464. The molecule has 0 radical (unpaired) electrons. The molecule has 0 saturated heterocycles. The minimum Gasteiger partial charge on any atom is -0.460 e. The molecule has 3 amide bonds. The molecule has 1 heterocycles. The number of hydrogen-bond donors (Lipinski definition) is 2. The predicted molar refractivity (Wildman–Crippen MR) is 206 cm³/mol. The average Bonchev–Trinajstić information content (AvgIpc) is 3.08. The molecule has 1 aromatic rings. The number of nitro groups is 1. The van der Waals surface area contributed by atoms with Crippen LogP contribution in [0.4, 0.5) is 20.1 Å². The van der Waals surface area contributed by atoms with Crippen LogP contribution < -0.4 is 10.6 Å². The Balaban J connectivity index is 2.41. The summed E-state index contributed by atoms with van der Waals surface area (Å²) < 4.78 is 37.0. The summed E-state index contributed by atoms with van der Waals surface area (Å²) in [4.78, 5) is 91.2. The lowest BCUT2D eigenvalue weighted by atomic mass is 9.79. The van der Waals surface area contributed by atoms with E-state index in [1.54, 1.807) is 55.4 Å². The van der Waals surface area contributed by atoms with Crippen LogP contribution in [0.2, 0.25) is 0 Å². The van der Waals surface area contributed by atoms with Crippen molar-refractivity contribution in [1.29, 1.82) is 0 Å². The van der Waals surface area contributed by atoms with Crippen LogP contribution in [0.1, 0.15) is 100.0 Å². The van der Waals surface area contributed by atoms with Crippen molar-refractivity contribution in [2.75, 3.05) is 33.7 Å². The molecule has 19 nitrogen and oxygen atoms in total. The van der Waals surface area contributed by atoms with E-state index in [1.165, 1.54) is 45.2 Å². The van der Waals surface area contributed by atoms with Gasteiger partial charge in [0.1, 0.15) is 23.9 Å². The molecule has 0 aliphatic carbocycles. The van der Waals surface area contributed by atoms with Crippen molar-refractivity contribution in [2.45, 2.75) is 118 Å². The first-order valence-corrected chi connectivity index (χ1v) is 18.6. The van der Waals surface area contributed by atoms with E-state index in [-0.39, 0.29) is 60.0 Å². The Kier molecular flexibility index (Phi) is 18.1. The molecule has 1 aliphatic heterocycles. The number of non-ortho nitro benzene ring substituents is 1. The third-order valence-electron chi connectivity index (χ3n) is 7.87. The standard InChI is InChI=1S/C39H56N4O15/c1-23(2)56-34(46)30-25(4)42(24(3)29(33(45)53-20-19-52-11)31(30)26-15-14-16-27(21-26)43(50)51)37(49)55-22-54-32(44)28(41-36(48)58-39(8,9)10)17-12-13-18-40-35(47)57-38(5,6)7/h14-16,21,23,28,31H,12-13,17-20,22H2,1-11H3,(H,40,47)(H,41,48). The highest BCUT2D eigenvalue weighted by molar-refractivity contribution is 6.01. The predicted octanol–water partition coefficient (Wildman–Crippen LogP) is 5.91. The summed E-state index contributed by atoms with van der Waals surface area (Å²) in [6, 6.07) is 4.05. The number of allylic oxidation sites excluding steroid dienone is 2. The van der Waals surface area contributed by atoms with Crippen LogP contribution in [0.3, 0.4) is 0 Å². The molecule has 2 N–H and O–H groups in total. The number of methoxy groups -OCH3 is 1. The Morgan fingerprint density at radius 3 is 2.02 bits per heavy atom. The second-order valence-corrected chi connectivity index (χ2v) is 15.3. The molecule has 0 aromatic heterocycles. The number of esters is 3. The largest absolute Gasteiger partial charge is 0.460 e. The lowest BCUT2D eigenvalue weighted by Gasteiger charge is -2.36. The molecule has 2 atom stereocenters. The Bertz CT molecular complexity index is 1740. The highest BCUT2D eigenvalue weighted by Crippen LogP contribution is 2.44. The van der Waals surface area contributed by atoms with Gasteiger partial charge in [0, 0.05) is 37.2 Å². The number of carbonyl (C=O) groups is 6. The van der Waals surface area contributed by atoms with Gasteiger partial charge in [0.15, 0.2) is 0 Å². The van der Waals surface area contributed by atoms with Gasteiger partial charge in [-0.25, -0.2) is 28.8 Å². The molecule has 322 valence electrons. The molecule has 1 aromatic carbocycles. The third-order valence-corrected chi connectivity index (χ3v) is 7.87. The molecule has 0 spiro atoms. The zero-order chi connectivity index (χ0) is 44.0. The first-order chi connectivity index (χ1) is 27.0. The van der Waals surface area contributed by atoms with E-state index in [1.807, 2.05) is 0 Å². The van der Waals surface area contributed by atoms with Gasteiger partial charge in [-0.1, -0.05) is 12.1 Å². The zero-order valence-electron chi connectivity index (χ0n) is 35.0. The lowest BCUT2D eigenvalue weighted by molar-refractivity contribution is -0.384. The van der Waals surface area contributed by atoms with Crippen LogP contribution >= 0.6 is 0 Å². The maximum atomic E-state index is 13.8. The van der Waals surface area contributed by atoms with Gasteiger partial charge in [-0.15, -0.1) is 0 Å². The molecule has 2 rings (SSSR count). The average molecular weight is 821 g/mol. The van der Waals surface area contributed by atoms with Gasteiger partial charge in [0.2, 0.25) is 6.79 Å². The van der Waals surface area contributed by atoms with Gasteiger partial charge >= 0.3 is 36.2 Å². The summed E-state index contributed by atoms with van der Waals surface area (Å²) in [5.41, 5.74) is -2.28. The highest BCUT2D eigenvalue weighted by atomic mass is 16.7. The molecule has 58 heavy (non-hydrogen) atoms. The van der Waals surface area contributed by atoms with Crippen molar-refractivity contribution in [1.82, 2.24) is 15.5 Å². The van der Waals surface area contributed by atoms with Crippen molar-refractivity contribution >= 4 is 41.9 Å². The van der Waals surface area contributed by atoms with Gasteiger partial charge in [0.05, 0.1) is 34.7 Å². The van der Waals surface area contributed by atoms with Gasteiger partial charge in [0.25, 0.3) is 5.69 Å². The first-order valence-electron chi connectivity index (χ1n) is 18.6. The molecule has 0 bridgehead atoms. The van der Waals surface area contributed by atoms with Crippen LogP contribution in [-0.4, -0.2) is 103 Å². The number of benzene rings is 1. The molecule has 2 unspecified atom stereocenters. The monoisotopic (exact) mass is 820 g/mol. The number of nitro benzene ring substituents is 1. The number of ether oxygens (including phenoxy) is 7. The van der Waals surface area contributed by atoms with Gasteiger partial charge < -0.3 is 43.8 Å². The fourth-order valence-electron chi connectivity index (χ4n) is 5.56. The van der Waals surface area contributed by atoms with Gasteiger partial charge in [-0.05, 0) is 94.1 Å². The number of nitrogens with zero attached hydrogens (tertiary/aromatic N) is 2. The second kappa shape index (κ2) is 21.7. The number of rotatable bonds is 17. The summed E-state index contributed by atoms with van der Waals surface area (Å²) in [6.07, 6.45) is -2.57. The molecular formula is C39H56N4O15. The summed E-state index contributed by atoms with van der Waals surface area (Å²) in [5.74, 6) is -4.16. The number of unbranched alkanes of at least 4 members (excludes halogenated alkanes) is 1. The Morgan fingerprint density at radius 1 is 0.845 bits per heavy atom. The summed E-state index contributed by atoms with van der Waals surface area (Å²) in [6.45, 7) is 15.1. The normalized spacial score (nSPS) is 15.0. The number of carbonyl (C=O) groups excluding carboxylic acids is 6. The van der Waals surface area contributed by atoms with Gasteiger partial charge in [-0.3, -0.25) is 15.0 Å². The fourth-order valence-corrected chi connectivity index (χ4v) is 5.56. The molecule has 0 fully saturated rings. The maximum absolute atomic E-state index is 13.8. The molecule has 0 saturated carbocycles. The summed E-state index contributed by atoms with van der Waals surface area (Å²) >= 11 is 0. The third kappa shape index (κ3) is 15.3. The van der Waals surface area contributed by atoms with Crippen LogP contribution in [0, 0.1) is 10.1 Å². The number of amides is 3. The minimum atomic E-state index is -1.29. The van der Waals surface area contributed by atoms with Crippen molar-refractivity contribution in [3.8, 4) is 0 Å². The zero-order valence-corrected chi connectivity index (χ0v) is 35.0. The fraction of sp³-hybridized carbons (Fsp3) is 0.590. The Labute approximate surface area is 337 Å². The Morgan fingerprint density at radius 2 is 1.45 bits per heavy atom. The van der Waals surface area contributed by atoms with E-state index in [2.05, 4.69) is 10.6 Å². The summed E-state index contributed by atoms with van der Waals surface area (Å²) in [7, 11) is 1.39. The maximum Gasteiger partial charge on any atom is 0.421 e. The van der Waals surface area contributed by atoms with Crippen molar-refractivity contribution in [3.63, 3.8) is 0 Å². The smallest absolute Gasteiger partial charge is 0.421 e. The SMILES string of the molecule is COCCOC(=O)C1=C(C)N(C(=O)OCOC(=O)C(CCCCNC(=O)OC(C)(C)C)NC(=O)OC(C)(C)C)C(C)=C(C(=O)OC(C)C)C1c1cccc([N+](=O)[O-])c1. The topological polar surface area (TPSA) is 237 Å². The van der Waals surface area contributed by atoms with Crippen LogP contribution in [0.15, 0.2) is 46.8 Å².